The third-order valence-electron chi connectivity index (χ3n) is 6.79. The first-order valence-corrected chi connectivity index (χ1v) is 11.7. The fourth-order valence-corrected chi connectivity index (χ4v) is 4.82. The summed E-state index contributed by atoms with van der Waals surface area (Å²) in [5.74, 6) is -2.02. The van der Waals surface area contributed by atoms with Crippen LogP contribution in [0.3, 0.4) is 0 Å². The number of halogens is 4. The van der Waals surface area contributed by atoms with E-state index >= 15 is 0 Å². The van der Waals surface area contributed by atoms with Crippen molar-refractivity contribution in [1.29, 1.82) is 0 Å². The van der Waals surface area contributed by atoms with Crippen LogP contribution in [0.15, 0.2) is 36.5 Å². The van der Waals surface area contributed by atoms with Gasteiger partial charge in [-0.05, 0) is 68.4 Å². The quantitative estimate of drug-likeness (QED) is 0.602. The Bertz CT molecular complexity index is 1060. The molecule has 6 nitrogen and oxygen atoms in total. The average molecular weight is 493 g/mol. The van der Waals surface area contributed by atoms with Crippen molar-refractivity contribution < 1.29 is 27.2 Å². The van der Waals surface area contributed by atoms with E-state index in [-0.39, 0.29) is 6.04 Å². The summed E-state index contributed by atoms with van der Waals surface area (Å²) in [5, 5.41) is 5.07. The SMILES string of the molecule is Cc1ccc(C2CCC(N3CC(NC(=O)CNC(=O)c4cc(F)cc(C(F)(F)F)c4)C3)CC2)cn1. The Labute approximate surface area is 201 Å². The fourth-order valence-electron chi connectivity index (χ4n) is 4.82. The molecule has 0 atom stereocenters. The number of nitrogens with one attached hydrogen (secondary N) is 2. The number of pyridine rings is 1. The van der Waals surface area contributed by atoms with Crippen LogP contribution in [-0.2, 0) is 11.0 Å². The van der Waals surface area contributed by atoms with Crippen molar-refractivity contribution in [3.05, 3.63) is 64.7 Å². The first kappa shape index (κ1) is 25.1. The van der Waals surface area contributed by atoms with E-state index in [0.717, 1.165) is 44.5 Å². The number of carbonyl (C=O) groups excluding carboxylic acids is 2. The molecule has 1 aliphatic heterocycles. The lowest BCUT2D eigenvalue weighted by molar-refractivity contribution is -0.137. The van der Waals surface area contributed by atoms with Gasteiger partial charge >= 0.3 is 6.18 Å². The monoisotopic (exact) mass is 492 g/mol. The molecule has 0 unspecified atom stereocenters. The van der Waals surface area contributed by atoms with Crippen molar-refractivity contribution in [2.24, 2.45) is 0 Å². The summed E-state index contributed by atoms with van der Waals surface area (Å²) in [6.07, 6.45) is 1.57. The zero-order valence-corrected chi connectivity index (χ0v) is 19.4. The van der Waals surface area contributed by atoms with E-state index in [1.165, 1.54) is 5.56 Å². The number of nitrogens with zero attached hydrogens (tertiary/aromatic N) is 2. The van der Waals surface area contributed by atoms with Crippen LogP contribution in [0.5, 0.6) is 0 Å². The minimum Gasteiger partial charge on any atom is -0.349 e. The second kappa shape index (κ2) is 10.3. The Morgan fingerprint density at radius 1 is 1.09 bits per heavy atom. The molecule has 1 saturated carbocycles. The van der Waals surface area contributed by atoms with E-state index in [1.807, 2.05) is 19.2 Å². The van der Waals surface area contributed by atoms with Gasteiger partial charge in [-0.2, -0.15) is 13.2 Å². The zero-order valence-electron chi connectivity index (χ0n) is 19.4. The molecule has 35 heavy (non-hydrogen) atoms. The molecule has 2 fully saturated rings. The lowest BCUT2D eigenvalue weighted by Gasteiger charge is -2.46. The number of hydrogen-bond acceptors (Lipinski definition) is 4. The van der Waals surface area contributed by atoms with E-state index in [4.69, 9.17) is 0 Å². The minimum atomic E-state index is -4.78. The molecule has 1 saturated heterocycles. The Balaban J connectivity index is 1.17. The summed E-state index contributed by atoms with van der Waals surface area (Å²) in [5.41, 5.74) is 0.557. The van der Waals surface area contributed by atoms with Gasteiger partial charge < -0.3 is 10.6 Å². The van der Waals surface area contributed by atoms with Crippen molar-refractivity contribution in [1.82, 2.24) is 20.5 Å². The molecule has 4 rings (SSSR count). The lowest BCUT2D eigenvalue weighted by Crippen LogP contribution is -2.63. The number of amides is 2. The van der Waals surface area contributed by atoms with Gasteiger partial charge in [0.05, 0.1) is 18.2 Å². The van der Waals surface area contributed by atoms with Crippen LogP contribution >= 0.6 is 0 Å². The van der Waals surface area contributed by atoms with Crippen molar-refractivity contribution in [3.63, 3.8) is 0 Å². The van der Waals surface area contributed by atoms with Crippen molar-refractivity contribution in [2.75, 3.05) is 19.6 Å². The number of alkyl halides is 3. The molecule has 188 valence electrons. The zero-order chi connectivity index (χ0) is 25.2. The largest absolute Gasteiger partial charge is 0.416 e. The minimum absolute atomic E-state index is 0.0376. The van der Waals surface area contributed by atoms with E-state index in [0.29, 0.717) is 30.2 Å². The number of benzene rings is 1. The van der Waals surface area contributed by atoms with Crippen LogP contribution in [0.25, 0.3) is 0 Å². The van der Waals surface area contributed by atoms with E-state index < -0.39 is 41.5 Å². The molecule has 2 amide bonds. The predicted molar refractivity (Wildman–Crippen MR) is 121 cm³/mol. The van der Waals surface area contributed by atoms with Gasteiger partial charge in [0.15, 0.2) is 0 Å². The first-order valence-electron chi connectivity index (χ1n) is 11.7. The first-order chi connectivity index (χ1) is 16.6. The normalized spacial score (nSPS) is 21.3. The van der Waals surface area contributed by atoms with Crippen LogP contribution in [0.4, 0.5) is 17.6 Å². The number of hydrogen-bond donors (Lipinski definition) is 2. The predicted octanol–water partition coefficient (Wildman–Crippen LogP) is 3.80. The van der Waals surface area contributed by atoms with Crippen LogP contribution in [0, 0.1) is 12.7 Å². The summed E-state index contributed by atoms with van der Waals surface area (Å²) >= 11 is 0. The second-order valence-corrected chi connectivity index (χ2v) is 9.37. The number of aromatic nitrogens is 1. The highest BCUT2D eigenvalue weighted by molar-refractivity contribution is 5.96. The molecule has 0 radical (unpaired) electrons. The van der Waals surface area contributed by atoms with Crippen LogP contribution in [-0.4, -0.2) is 53.4 Å². The third kappa shape index (κ3) is 6.36. The molecule has 2 heterocycles. The van der Waals surface area contributed by atoms with Gasteiger partial charge in [-0.3, -0.25) is 19.5 Å². The maximum atomic E-state index is 13.5. The topological polar surface area (TPSA) is 74.3 Å². The molecular formula is C25H28F4N4O2. The molecule has 2 N–H and O–H groups in total. The van der Waals surface area contributed by atoms with Gasteiger partial charge in [-0.15, -0.1) is 0 Å². The summed E-state index contributed by atoms with van der Waals surface area (Å²) in [6.45, 7) is 3.02. The van der Waals surface area contributed by atoms with E-state index in [1.54, 1.807) is 0 Å². The fraction of sp³-hybridized carbons (Fsp3) is 0.480. The molecule has 2 aliphatic rings. The molecule has 1 aliphatic carbocycles. The standard InChI is InChI=1S/C25H28F4N4O2/c1-15-2-3-17(11-30-15)16-4-6-22(7-5-16)33-13-21(14-33)32-23(34)12-31-24(35)18-8-19(25(27,28)29)10-20(26)9-18/h2-3,8-11,16,21-22H,4-7,12-14H2,1H3,(H,31,35)(H,32,34). The molecular weight excluding hydrogens is 464 g/mol. The van der Waals surface area contributed by atoms with Gasteiger partial charge in [0.2, 0.25) is 5.91 Å². The lowest BCUT2D eigenvalue weighted by atomic mass is 9.81. The van der Waals surface area contributed by atoms with E-state index in [2.05, 4.69) is 26.6 Å². The maximum Gasteiger partial charge on any atom is 0.416 e. The maximum absolute atomic E-state index is 13.5. The average Bonchev–Trinajstić information content (AvgIpc) is 2.79. The number of carbonyl (C=O) groups is 2. The third-order valence-corrected chi connectivity index (χ3v) is 6.79. The highest BCUT2D eigenvalue weighted by atomic mass is 19.4. The molecule has 0 bridgehead atoms. The highest BCUT2D eigenvalue weighted by Gasteiger charge is 2.35. The van der Waals surface area contributed by atoms with Crippen molar-refractivity contribution in [2.45, 2.75) is 56.8 Å². The van der Waals surface area contributed by atoms with Crippen molar-refractivity contribution >= 4 is 11.8 Å². The van der Waals surface area contributed by atoms with E-state index in [9.17, 15) is 27.2 Å². The molecule has 1 aromatic carbocycles. The Morgan fingerprint density at radius 3 is 2.43 bits per heavy atom. The molecule has 10 heteroatoms. The highest BCUT2D eigenvalue weighted by Crippen LogP contribution is 2.36. The Kier molecular flexibility index (Phi) is 7.39. The van der Waals surface area contributed by atoms with Gasteiger partial charge in [0.1, 0.15) is 5.82 Å². The summed E-state index contributed by atoms with van der Waals surface area (Å²) in [4.78, 5) is 31.0. The molecule has 0 spiro atoms. The molecule has 2 aromatic rings. The van der Waals surface area contributed by atoms with Crippen LogP contribution in [0.1, 0.15) is 58.8 Å². The number of rotatable bonds is 6. The van der Waals surface area contributed by atoms with Gasteiger partial charge in [-0.1, -0.05) is 6.07 Å². The molecule has 1 aromatic heterocycles. The smallest absolute Gasteiger partial charge is 0.349 e. The summed E-state index contributed by atoms with van der Waals surface area (Å²) < 4.78 is 52.0. The van der Waals surface area contributed by atoms with Gasteiger partial charge in [-0.25, -0.2) is 4.39 Å². The number of likely N-dealkylation sites (tertiary alicyclic amines) is 1. The van der Waals surface area contributed by atoms with Crippen LogP contribution < -0.4 is 10.6 Å². The van der Waals surface area contributed by atoms with Gasteiger partial charge in [0.25, 0.3) is 5.91 Å². The Morgan fingerprint density at radius 2 is 1.80 bits per heavy atom. The summed E-state index contributed by atoms with van der Waals surface area (Å²) in [7, 11) is 0. The van der Waals surface area contributed by atoms with Crippen LogP contribution in [0.2, 0.25) is 0 Å². The second-order valence-electron chi connectivity index (χ2n) is 9.37. The number of aryl methyl sites for hydroxylation is 1. The Hall–Kier alpha value is -3.01. The summed E-state index contributed by atoms with van der Waals surface area (Å²) in [6, 6.07) is 6.23. The van der Waals surface area contributed by atoms with Gasteiger partial charge in [0, 0.05) is 36.6 Å². The van der Waals surface area contributed by atoms with Crippen molar-refractivity contribution in [3.8, 4) is 0 Å².